The van der Waals surface area contributed by atoms with Crippen LogP contribution >= 0.6 is 0 Å². The van der Waals surface area contributed by atoms with Gasteiger partial charge in [0.1, 0.15) is 20.2 Å². The van der Waals surface area contributed by atoms with Gasteiger partial charge in [0.25, 0.3) is 0 Å². The fraction of sp³-hybridized carbons (Fsp3) is 0.739. The van der Waals surface area contributed by atoms with Crippen molar-refractivity contribution in [1.29, 1.82) is 0 Å². The Morgan fingerprint density at radius 3 is 0.578 bits per heavy atom. The molecule has 2 aromatic rings. The first kappa shape index (κ1) is 105. The smallest absolute Gasteiger partial charge is 0.744 e. The minimum atomic E-state index is -4.83. The predicted octanol–water partition coefficient (Wildman–Crippen LogP) is 27.1. The number of carbonyl (C=O) groups excluding carboxylic acids is 4. The van der Waals surface area contributed by atoms with Crippen LogP contribution in [-0.4, -0.2) is 114 Å². The number of allylic oxidation sites excluding steroid dienone is 8. The maximum Gasteiger partial charge on any atom is 2.00 e. The summed E-state index contributed by atoms with van der Waals surface area (Å²) in [6, 6.07) is 6.19. The topological polar surface area (TPSA) is 220 Å². The van der Waals surface area contributed by atoms with Gasteiger partial charge >= 0.3 is 61.6 Å². The van der Waals surface area contributed by atoms with Gasteiger partial charge in [-0.25, -0.2) is 36.0 Å². The summed E-state index contributed by atoms with van der Waals surface area (Å²) in [5, 5.41) is 0. The zero-order valence-electron chi connectivity index (χ0n) is 69.6. The molecule has 0 bridgehead atoms. The average molecular weight is 1590 g/mol. The average Bonchev–Trinajstić information content (AvgIpc) is 0.815. The molecule has 0 N–H and O–H groups in total. The summed E-state index contributed by atoms with van der Waals surface area (Å²) in [6.45, 7) is 9.63. The molecule has 2 aromatic carbocycles. The van der Waals surface area contributed by atoms with Crippen LogP contribution in [0.3, 0.4) is 0 Å². The van der Waals surface area contributed by atoms with E-state index in [0.29, 0.717) is 25.7 Å². The van der Waals surface area contributed by atoms with Crippen LogP contribution in [0.5, 0.6) is 0 Å². The second kappa shape index (κ2) is 77.0. The van der Waals surface area contributed by atoms with Gasteiger partial charge in [0.15, 0.2) is 0 Å². The third kappa shape index (κ3) is 64.3. The fourth-order valence-electron chi connectivity index (χ4n) is 13.1. The van der Waals surface area contributed by atoms with Crippen molar-refractivity contribution in [2.45, 2.75) is 423 Å². The molecular weight excluding hydrogens is 1430 g/mol. The molecule has 620 valence electrons. The first-order valence-electron chi connectivity index (χ1n) is 44.1. The summed E-state index contributed by atoms with van der Waals surface area (Å²) in [5.41, 5.74) is -0.752. The van der Waals surface area contributed by atoms with E-state index in [4.69, 9.17) is 18.9 Å². The second-order valence-electron chi connectivity index (χ2n) is 30.0. The van der Waals surface area contributed by atoms with Crippen LogP contribution in [0.1, 0.15) is 454 Å². The van der Waals surface area contributed by atoms with Gasteiger partial charge in [-0.15, -0.1) is 0 Å². The van der Waals surface area contributed by atoms with Crippen molar-refractivity contribution < 1.29 is 64.1 Å². The van der Waals surface area contributed by atoms with E-state index in [1.165, 1.54) is 283 Å². The zero-order valence-corrected chi connectivity index (χ0v) is 73.4. The van der Waals surface area contributed by atoms with Gasteiger partial charge in [-0.3, -0.25) is 0 Å². The number of hydrogen-bond donors (Lipinski definition) is 0. The number of hydrogen-bond acceptors (Lipinski definition) is 14. The Kier molecular flexibility index (Phi) is 74.4. The van der Waals surface area contributed by atoms with E-state index < -0.39 is 53.9 Å². The Morgan fingerprint density at radius 1 is 0.248 bits per heavy atom. The van der Waals surface area contributed by atoms with Crippen LogP contribution in [-0.2, 0) is 39.2 Å². The largest absolute Gasteiger partial charge is 2.00 e. The zero-order chi connectivity index (χ0) is 78.8. The first-order valence-corrected chi connectivity index (χ1v) is 46.9. The molecule has 0 radical (unpaired) electrons. The van der Waals surface area contributed by atoms with Crippen molar-refractivity contribution in [2.24, 2.45) is 0 Å². The number of benzene rings is 2. The summed E-state index contributed by atoms with van der Waals surface area (Å²) in [6.07, 6.45) is 90.5. The molecule has 0 aliphatic rings. The molecular formula is C92H154CaO14S2. The van der Waals surface area contributed by atoms with E-state index in [-0.39, 0.29) is 86.4 Å². The molecule has 0 unspecified atom stereocenters. The Hall–Kier alpha value is -3.64. The standard InChI is InChI=1S/2C46H78O7S.Ca/c2*1-3-5-7-9-11-13-15-17-19-21-23-25-27-29-31-33-35-39-52-45(47)43-38-37-42(54(49,50)51)41-44(43)46(48)53-40-36-34-32-30-28-26-24-22-20-18-16-14-12-10-8-6-4-2;/h2*27-30,37-38,41H,3-26,31-36,39-40H2,1-2H3,(H,49,50,51);/q;;+2/p-2/b2*29-27+,30-28+;. The molecule has 0 saturated heterocycles. The van der Waals surface area contributed by atoms with Gasteiger partial charge in [-0.05, 0) is 165 Å². The Bertz CT molecular complexity index is 2670. The van der Waals surface area contributed by atoms with Gasteiger partial charge in [0, 0.05) is 0 Å². The quantitative estimate of drug-likeness (QED) is 0.0150. The van der Waals surface area contributed by atoms with Gasteiger partial charge in [-0.2, -0.15) is 0 Å². The van der Waals surface area contributed by atoms with Gasteiger partial charge in [-0.1, -0.05) is 333 Å². The van der Waals surface area contributed by atoms with Crippen molar-refractivity contribution in [2.75, 3.05) is 26.4 Å². The molecule has 14 nitrogen and oxygen atoms in total. The maximum absolute atomic E-state index is 12.9. The number of unbranched alkanes of at least 4 members (excludes halogenated alkanes) is 52. The van der Waals surface area contributed by atoms with Crippen LogP contribution in [0.2, 0.25) is 0 Å². The third-order valence-electron chi connectivity index (χ3n) is 20.0. The molecule has 0 saturated carbocycles. The molecule has 0 amide bonds. The summed E-state index contributed by atoms with van der Waals surface area (Å²) in [4.78, 5) is 50.4. The molecule has 0 aliphatic carbocycles. The monoisotopic (exact) mass is 1590 g/mol. The molecule has 0 spiro atoms. The SMILES string of the molecule is CCCCCCCCCCCCC/C=C/CCCCOC(=O)c1ccc(S(=O)(=O)[O-])cc1C(=O)OCCCC/C=C/CCCCCCCCCCCCC.CCCCCCCCCCCCC/C=C/CCCCOC(=O)c1ccc(S(=O)(=O)[O-])cc1C(=O)OCCCC/C=C/CCCCCCCCCCCCC.[Ca+2]. The van der Waals surface area contributed by atoms with Gasteiger partial charge in [0.05, 0.1) is 58.5 Å². The number of esters is 4. The van der Waals surface area contributed by atoms with E-state index >= 15 is 0 Å². The van der Waals surface area contributed by atoms with Crippen LogP contribution in [0.15, 0.2) is 94.8 Å². The molecule has 17 heteroatoms. The van der Waals surface area contributed by atoms with Crippen molar-refractivity contribution in [3.05, 3.63) is 107 Å². The predicted molar refractivity (Wildman–Crippen MR) is 452 cm³/mol. The minimum Gasteiger partial charge on any atom is -0.744 e. The summed E-state index contributed by atoms with van der Waals surface area (Å²) < 4.78 is 91.4. The van der Waals surface area contributed by atoms with Crippen molar-refractivity contribution in [3.8, 4) is 0 Å². The van der Waals surface area contributed by atoms with Crippen molar-refractivity contribution >= 4 is 81.9 Å². The maximum atomic E-state index is 12.9. The Balaban J connectivity index is 0.00000212. The van der Waals surface area contributed by atoms with E-state index in [0.717, 1.165) is 113 Å². The molecule has 0 aromatic heterocycles. The van der Waals surface area contributed by atoms with E-state index in [2.05, 4.69) is 76.3 Å². The normalized spacial score (nSPS) is 11.8. The van der Waals surface area contributed by atoms with Crippen LogP contribution in [0.25, 0.3) is 0 Å². The summed E-state index contributed by atoms with van der Waals surface area (Å²) in [5.74, 6) is -3.18. The first-order chi connectivity index (χ1) is 52.6. The Morgan fingerprint density at radius 2 is 0.404 bits per heavy atom. The number of rotatable bonds is 74. The second-order valence-corrected chi connectivity index (χ2v) is 32.8. The third-order valence-corrected chi connectivity index (χ3v) is 21.7. The molecule has 0 aliphatic heterocycles. The fourth-order valence-corrected chi connectivity index (χ4v) is 14.1. The summed E-state index contributed by atoms with van der Waals surface area (Å²) >= 11 is 0. The van der Waals surface area contributed by atoms with E-state index in [9.17, 15) is 45.1 Å². The number of ether oxygens (including phenoxy) is 4. The number of carbonyl (C=O) groups is 4. The molecule has 0 fully saturated rings. The minimum absolute atomic E-state index is 0. The molecule has 109 heavy (non-hydrogen) atoms. The molecule has 2 rings (SSSR count). The van der Waals surface area contributed by atoms with Crippen molar-refractivity contribution in [3.63, 3.8) is 0 Å². The van der Waals surface area contributed by atoms with Crippen LogP contribution < -0.4 is 0 Å². The van der Waals surface area contributed by atoms with Crippen molar-refractivity contribution in [1.82, 2.24) is 0 Å². The summed E-state index contributed by atoms with van der Waals surface area (Å²) in [7, 11) is -9.65. The molecule has 0 atom stereocenters. The Labute approximate surface area is 696 Å². The van der Waals surface area contributed by atoms with Gasteiger partial charge < -0.3 is 28.1 Å². The van der Waals surface area contributed by atoms with E-state index in [1.807, 2.05) is 0 Å². The molecule has 0 heterocycles. The van der Waals surface area contributed by atoms with Crippen LogP contribution in [0.4, 0.5) is 0 Å². The van der Waals surface area contributed by atoms with Crippen LogP contribution in [0, 0.1) is 0 Å². The van der Waals surface area contributed by atoms with Gasteiger partial charge in [0.2, 0.25) is 0 Å². The van der Waals surface area contributed by atoms with E-state index in [1.54, 1.807) is 0 Å².